The number of benzene rings is 1. The second-order valence-electron chi connectivity index (χ2n) is 7.24. The summed E-state index contributed by atoms with van der Waals surface area (Å²) in [7, 11) is 1.53. The molecule has 0 fully saturated rings. The Bertz CT molecular complexity index is 765. The van der Waals surface area contributed by atoms with Crippen LogP contribution in [0.5, 0.6) is 0 Å². The molecule has 2 aromatic rings. The number of hydrogen-bond donors (Lipinski definition) is 2. The number of hydrogen-bond acceptors (Lipinski definition) is 4. The van der Waals surface area contributed by atoms with Crippen molar-refractivity contribution in [2.24, 2.45) is 11.7 Å². The van der Waals surface area contributed by atoms with Gasteiger partial charge in [0.25, 0.3) is 0 Å². The number of rotatable bonds is 6. The molecule has 0 amide bonds. The molecule has 0 saturated carbocycles. The lowest BCUT2D eigenvalue weighted by Gasteiger charge is -2.36. The van der Waals surface area contributed by atoms with Gasteiger partial charge in [-0.2, -0.15) is 0 Å². The minimum atomic E-state index is -1.44. The highest BCUT2D eigenvalue weighted by Gasteiger charge is 2.38. The number of nitrogens with zero attached hydrogens (tertiary/aromatic N) is 1. The molecule has 0 saturated heterocycles. The Balaban J connectivity index is 2.83. The Morgan fingerprint density at radius 2 is 1.77 bits per heavy atom. The van der Waals surface area contributed by atoms with Crippen molar-refractivity contribution in [1.82, 2.24) is 4.98 Å². The number of aliphatic hydroxyl groups is 1. The van der Waals surface area contributed by atoms with Crippen LogP contribution in [0.1, 0.15) is 39.0 Å². The molecule has 6 heteroatoms. The highest BCUT2D eigenvalue weighted by molar-refractivity contribution is 5.62. The molecule has 3 N–H and O–H groups in total. The molecule has 4 nitrogen and oxygen atoms in total. The van der Waals surface area contributed by atoms with Crippen LogP contribution in [0, 0.1) is 17.6 Å². The lowest BCUT2D eigenvalue weighted by Crippen LogP contribution is -2.43. The molecule has 1 atom stereocenters. The molecular weight excluding hydrogens is 338 g/mol. The first-order chi connectivity index (χ1) is 12.1. The van der Waals surface area contributed by atoms with Crippen molar-refractivity contribution >= 4 is 0 Å². The van der Waals surface area contributed by atoms with E-state index in [4.69, 9.17) is 10.5 Å². The maximum absolute atomic E-state index is 15.1. The van der Waals surface area contributed by atoms with E-state index in [0.29, 0.717) is 11.3 Å². The molecule has 1 aromatic carbocycles. The summed E-state index contributed by atoms with van der Waals surface area (Å²) in [5.74, 6) is -1.13. The zero-order valence-corrected chi connectivity index (χ0v) is 15.8. The van der Waals surface area contributed by atoms with Crippen LogP contribution in [0.2, 0.25) is 0 Å². The average Bonchev–Trinajstić information content (AvgIpc) is 2.57. The second-order valence-corrected chi connectivity index (χ2v) is 7.24. The first-order valence-electron chi connectivity index (χ1n) is 8.52. The zero-order valence-electron chi connectivity index (χ0n) is 15.8. The summed E-state index contributed by atoms with van der Waals surface area (Å²) in [5, 5.41) is 10.5. The van der Waals surface area contributed by atoms with Crippen LogP contribution in [0.3, 0.4) is 0 Å². The number of halogens is 2. The molecular formula is C20H26F2N2O2. The third-order valence-corrected chi connectivity index (χ3v) is 4.77. The van der Waals surface area contributed by atoms with Gasteiger partial charge in [0.15, 0.2) is 5.82 Å². The van der Waals surface area contributed by atoms with E-state index in [1.807, 2.05) is 13.8 Å². The van der Waals surface area contributed by atoms with E-state index < -0.39 is 22.8 Å². The van der Waals surface area contributed by atoms with Crippen LogP contribution in [0.15, 0.2) is 30.3 Å². The van der Waals surface area contributed by atoms with Gasteiger partial charge >= 0.3 is 0 Å². The van der Waals surface area contributed by atoms with Crippen LogP contribution < -0.4 is 5.73 Å². The van der Waals surface area contributed by atoms with Crippen molar-refractivity contribution in [3.8, 4) is 11.3 Å². The summed E-state index contributed by atoms with van der Waals surface area (Å²) in [4.78, 5) is 4.47. The maximum atomic E-state index is 15.1. The normalized spacial score (nSPS) is 14.5. The number of ether oxygens (including phenoxy) is 1. The van der Waals surface area contributed by atoms with E-state index in [9.17, 15) is 9.50 Å². The van der Waals surface area contributed by atoms with Gasteiger partial charge in [-0.15, -0.1) is 0 Å². The predicted molar refractivity (Wildman–Crippen MR) is 97.4 cm³/mol. The molecule has 0 unspecified atom stereocenters. The predicted octanol–water partition coefficient (Wildman–Crippen LogP) is 3.71. The van der Waals surface area contributed by atoms with E-state index in [1.165, 1.54) is 51.3 Å². The fourth-order valence-electron chi connectivity index (χ4n) is 3.05. The molecule has 26 heavy (non-hydrogen) atoms. The smallest absolute Gasteiger partial charge is 0.155 e. The Hall–Kier alpha value is -1.89. The SMILES string of the molecule is CO[C@](CN)(c1cc(C(C)(C)O)c(F)c(-c2ccc(F)cc2)n1)C(C)C. The summed E-state index contributed by atoms with van der Waals surface area (Å²) in [5.41, 5.74) is 4.54. The fraction of sp³-hybridized carbons (Fsp3) is 0.450. The summed E-state index contributed by atoms with van der Waals surface area (Å²) in [6.07, 6.45) is 0. The van der Waals surface area contributed by atoms with Gasteiger partial charge in [-0.3, -0.25) is 0 Å². The molecule has 1 heterocycles. The van der Waals surface area contributed by atoms with Gasteiger partial charge in [0, 0.05) is 24.8 Å². The Labute approximate surface area is 153 Å². The molecule has 0 aliphatic rings. The third-order valence-electron chi connectivity index (χ3n) is 4.77. The summed E-state index contributed by atoms with van der Waals surface area (Å²) >= 11 is 0. The van der Waals surface area contributed by atoms with Crippen molar-refractivity contribution in [1.29, 1.82) is 0 Å². The van der Waals surface area contributed by atoms with Crippen molar-refractivity contribution in [2.75, 3.05) is 13.7 Å². The first-order valence-corrected chi connectivity index (χ1v) is 8.52. The topological polar surface area (TPSA) is 68.4 Å². The van der Waals surface area contributed by atoms with Crippen molar-refractivity contribution in [3.05, 3.63) is 53.2 Å². The van der Waals surface area contributed by atoms with Crippen molar-refractivity contribution in [3.63, 3.8) is 0 Å². The van der Waals surface area contributed by atoms with E-state index in [2.05, 4.69) is 4.98 Å². The molecule has 2 rings (SSSR count). The van der Waals surface area contributed by atoms with Crippen molar-refractivity contribution in [2.45, 2.75) is 38.9 Å². The Kier molecular flexibility index (Phi) is 5.80. The van der Waals surface area contributed by atoms with E-state index >= 15 is 4.39 Å². The van der Waals surface area contributed by atoms with Gasteiger partial charge < -0.3 is 15.6 Å². The average molecular weight is 364 g/mol. The largest absolute Gasteiger partial charge is 0.386 e. The minimum absolute atomic E-state index is 0.0233. The lowest BCUT2D eigenvalue weighted by atomic mass is 9.83. The van der Waals surface area contributed by atoms with Gasteiger partial charge in [0.2, 0.25) is 0 Å². The molecule has 0 bridgehead atoms. The van der Waals surface area contributed by atoms with Crippen molar-refractivity contribution < 1.29 is 18.6 Å². The maximum Gasteiger partial charge on any atom is 0.155 e. The van der Waals surface area contributed by atoms with E-state index in [0.717, 1.165) is 0 Å². The molecule has 0 aliphatic heterocycles. The number of pyridine rings is 1. The monoisotopic (exact) mass is 364 g/mol. The lowest BCUT2D eigenvalue weighted by molar-refractivity contribution is -0.0494. The number of nitrogens with two attached hydrogens (primary N) is 1. The number of aromatic nitrogens is 1. The van der Waals surface area contributed by atoms with Crippen LogP contribution in [0.25, 0.3) is 11.3 Å². The number of methoxy groups -OCH3 is 1. The standard InChI is InChI=1S/C20H26F2N2O2/c1-12(2)20(11-23,26-5)16-10-15(19(3,4)25)17(22)18(24-16)13-6-8-14(21)9-7-13/h6-10,12,25H,11,23H2,1-5H3/t20-/m0/s1. The first kappa shape index (κ1) is 20.4. The van der Waals surface area contributed by atoms with Gasteiger partial charge in [-0.1, -0.05) is 13.8 Å². The quantitative estimate of drug-likeness (QED) is 0.820. The minimum Gasteiger partial charge on any atom is -0.386 e. The van der Waals surface area contributed by atoms with E-state index in [-0.39, 0.29) is 23.7 Å². The highest BCUT2D eigenvalue weighted by atomic mass is 19.1. The van der Waals surface area contributed by atoms with Gasteiger partial charge in [-0.25, -0.2) is 13.8 Å². The molecule has 0 spiro atoms. The van der Waals surface area contributed by atoms with E-state index in [1.54, 1.807) is 0 Å². The molecule has 142 valence electrons. The van der Waals surface area contributed by atoms with Crippen LogP contribution in [-0.2, 0) is 15.9 Å². The Morgan fingerprint density at radius 3 is 2.19 bits per heavy atom. The third kappa shape index (κ3) is 3.63. The summed E-state index contributed by atoms with van der Waals surface area (Å²) < 4.78 is 34.1. The van der Waals surface area contributed by atoms with Crippen LogP contribution >= 0.6 is 0 Å². The zero-order chi connectivity index (χ0) is 19.7. The van der Waals surface area contributed by atoms with Gasteiger partial charge in [-0.05, 0) is 50.1 Å². The summed E-state index contributed by atoms with van der Waals surface area (Å²) in [6.45, 7) is 6.99. The van der Waals surface area contributed by atoms with Crippen LogP contribution in [-0.4, -0.2) is 23.7 Å². The molecule has 0 radical (unpaired) electrons. The Morgan fingerprint density at radius 1 is 1.19 bits per heavy atom. The van der Waals surface area contributed by atoms with Crippen LogP contribution in [0.4, 0.5) is 8.78 Å². The highest BCUT2D eigenvalue weighted by Crippen LogP contribution is 2.37. The van der Waals surface area contributed by atoms with Gasteiger partial charge in [0.1, 0.15) is 17.1 Å². The fourth-order valence-corrected chi connectivity index (χ4v) is 3.05. The summed E-state index contributed by atoms with van der Waals surface area (Å²) in [6, 6.07) is 6.87. The van der Waals surface area contributed by atoms with Gasteiger partial charge in [0.05, 0.1) is 11.3 Å². The second kappa shape index (κ2) is 7.39. The molecule has 0 aliphatic carbocycles. The molecule has 1 aromatic heterocycles.